The number of aromatic nitrogens is 3. The van der Waals surface area contributed by atoms with Crippen LogP contribution in [0, 0.1) is 0 Å². The molecule has 2 rings (SSSR count). The summed E-state index contributed by atoms with van der Waals surface area (Å²) < 4.78 is 1.99. The summed E-state index contributed by atoms with van der Waals surface area (Å²) in [5, 5.41) is 14.3. The van der Waals surface area contributed by atoms with Crippen molar-refractivity contribution in [3.63, 3.8) is 0 Å². The molecule has 0 aromatic carbocycles. The van der Waals surface area contributed by atoms with Gasteiger partial charge in [-0.15, -0.1) is 10.2 Å². The molecule has 0 radical (unpaired) electrons. The Morgan fingerprint density at radius 2 is 2.29 bits per heavy atom. The second kappa shape index (κ2) is 8.09. The molecule has 7 heteroatoms. The highest BCUT2D eigenvalue weighted by Crippen LogP contribution is 2.08. The van der Waals surface area contributed by atoms with E-state index in [2.05, 4.69) is 32.7 Å². The second-order valence-corrected chi connectivity index (χ2v) is 5.53. The maximum Gasteiger partial charge on any atom is 0.234 e. The van der Waals surface area contributed by atoms with Crippen molar-refractivity contribution < 1.29 is 4.79 Å². The van der Waals surface area contributed by atoms with Gasteiger partial charge in [0.05, 0.1) is 6.54 Å². The molecule has 0 spiro atoms. The average Bonchev–Trinajstić information content (AvgIpc) is 2.95. The van der Waals surface area contributed by atoms with Crippen LogP contribution >= 0.6 is 0 Å². The Labute approximate surface area is 126 Å². The fourth-order valence-electron chi connectivity index (χ4n) is 2.71. The summed E-state index contributed by atoms with van der Waals surface area (Å²) >= 11 is 0. The summed E-state index contributed by atoms with van der Waals surface area (Å²) in [5.74, 6) is 1.00. The summed E-state index contributed by atoms with van der Waals surface area (Å²) in [6.07, 6.45) is 4.67. The van der Waals surface area contributed by atoms with E-state index in [1.165, 1.54) is 0 Å². The minimum atomic E-state index is 0.0820. The first kappa shape index (κ1) is 15.9. The van der Waals surface area contributed by atoms with E-state index >= 15 is 0 Å². The lowest BCUT2D eigenvalue weighted by Crippen LogP contribution is -2.45. The lowest BCUT2D eigenvalue weighted by atomic mass is 10.1. The Morgan fingerprint density at radius 1 is 1.52 bits per heavy atom. The van der Waals surface area contributed by atoms with E-state index in [4.69, 9.17) is 0 Å². The number of piperidine rings is 1. The molecule has 1 aromatic rings. The van der Waals surface area contributed by atoms with Crippen molar-refractivity contribution in [2.75, 3.05) is 33.2 Å². The standard InChI is InChI=1S/C14H26N6O/c1-3-20-11-17-18-13(20)6-9-16-14(21)10-19(2)12-4-7-15-8-5-12/h11-12,15H,3-10H2,1-2H3,(H,16,21). The van der Waals surface area contributed by atoms with Crippen molar-refractivity contribution in [2.24, 2.45) is 0 Å². The van der Waals surface area contributed by atoms with Crippen LogP contribution in [-0.2, 0) is 17.8 Å². The van der Waals surface area contributed by atoms with Crippen LogP contribution in [0.15, 0.2) is 6.33 Å². The van der Waals surface area contributed by atoms with Gasteiger partial charge in [-0.05, 0) is 39.9 Å². The molecule has 118 valence electrons. The van der Waals surface area contributed by atoms with E-state index in [0.717, 1.165) is 44.7 Å². The van der Waals surface area contributed by atoms with E-state index in [1.54, 1.807) is 6.33 Å². The van der Waals surface area contributed by atoms with E-state index in [0.29, 0.717) is 19.1 Å². The predicted molar refractivity (Wildman–Crippen MR) is 80.9 cm³/mol. The highest BCUT2D eigenvalue weighted by Gasteiger charge is 2.19. The molecular weight excluding hydrogens is 268 g/mol. The number of amides is 1. The third-order valence-corrected chi connectivity index (χ3v) is 4.03. The monoisotopic (exact) mass is 294 g/mol. The topological polar surface area (TPSA) is 75.1 Å². The van der Waals surface area contributed by atoms with Gasteiger partial charge in [0.25, 0.3) is 0 Å². The van der Waals surface area contributed by atoms with Crippen LogP contribution in [0.3, 0.4) is 0 Å². The van der Waals surface area contributed by atoms with Gasteiger partial charge in [-0.25, -0.2) is 0 Å². The highest BCUT2D eigenvalue weighted by atomic mass is 16.2. The van der Waals surface area contributed by atoms with Gasteiger partial charge in [-0.2, -0.15) is 0 Å². The first-order valence-corrected chi connectivity index (χ1v) is 7.75. The summed E-state index contributed by atoms with van der Waals surface area (Å²) in [6, 6.07) is 0.514. The van der Waals surface area contributed by atoms with Gasteiger partial charge in [0, 0.05) is 25.6 Å². The van der Waals surface area contributed by atoms with Crippen LogP contribution in [0.25, 0.3) is 0 Å². The first-order chi connectivity index (χ1) is 10.2. The first-order valence-electron chi connectivity index (χ1n) is 7.75. The zero-order valence-electron chi connectivity index (χ0n) is 13.0. The van der Waals surface area contributed by atoms with Crippen molar-refractivity contribution in [3.05, 3.63) is 12.2 Å². The van der Waals surface area contributed by atoms with Crippen molar-refractivity contribution in [3.8, 4) is 0 Å². The minimum Gasteiger partial charge on any atom is -0.355 e. The lowest BCUT2D eigenvalue weighted by Gasteiger charge is -2.31. The number of rotatable bonds is 7. The van der Waals surface area contributed by atoms with Crippen LogP contribution in [-0.4, -0.2) is 64.8 Å². The number of hydrogen-bond acceptors (Lipinski definition) is 5. The van der Waals surface area contributed by atoms with Gasteiger partial charge >= 0.3 is 0 Å². The Morgan fingerprint density at radius 3 is 3.00 bits per heavy atom. The van der Waals surface area contributed by atoms with Gasteiger partial charge in [-0.3, -0.25) is 9.69 Å². The van der Waals surface area contributed by atoms with Gasteiger partial charge < -0.3 is 15.2 Å². The molecule has 7 nitrogen and oxygen atoms in total. The van der Waals surface area contributed by atoms with Crippen LogP contribution in [0.5, 0.6) is 0 Å². The largest absolute Gasteiger partial charge is 0.355 e. The van der Waals surface area contributed by atoms with Crippen LogP contribution < -0.4 is 10.6 Å². The Hall–Kier alpha value is -1.47. The molecule has 1 aliphatic heterocycles. The third kappa shape index (κ3) is 4.78. The Kier molecular flexibility index (Phi) is 6.13. The van der Waals surface area contributed by atoms with Gasteiger partial charge in [-0.1, -0.05) is 0 Å². The van der Waals surface area contributed by atoms with Crippen LogP contribution in [0.4, 0.5) is 0 Å². The van der Waals surface area contributed by atoms with E-state index in [9.17, 15) is 4.79 Å². The van der Waals surface area contributed by atoms with E-state index < -0.39 is 0 Å². The maximum absolute atomic E-state index is 12.0. The minimum absolute atomic E-state index is 0.0820. The molecule has 0 bridgehead atoms. The maximum atomic E-state index is 12.0. The van der Waals surface area contributed by atoms with E-state index in [1.807, 2.05) is 11.6 Å². The van der Waals surface area contributed by atoms with Crippen LogP contribution in [0.2, 0.25) is 0 Å². The summed E-state index contributed by atoms with van der Waals surface area (Å²) in [6.45, 7) is 6.07. The number of likely N-dealkylation sites (N-methyl/N-ethyl adjacent to an activating group) is 1. The number of carbonyl (C=O) groups is 1. The Bertz CT molecular complexity index is 440. The molecule has 1 fully saturated rings. The lowest BCUT2D eigenvalue weighted by molar-refractivity contribution is -0.122. The molecule has 0 unspecified atom stereocenters. The summed E-state index contributed by atoms with van der Waals surface area (Å²) in [4.78, 5) is 14.1. The molecular formula is C14H26N6O. The van der Waals surface area contributed by atoms with Gasteiger partial charge in [0.1, 0.15) is 12.2 Å². The van der Waals surface area contributed by atoms with Crippen molar-refractivity contribution in [1.29, 1.82) is 0 Å². The molecule has 1 aromatic heterocycles. The number of nitrogens with one attached hydrogen (secondary N) is 2. The number of carbonyl (C=O) groups excluding carboxylic acids is 1. The zero-order chi connectivity index (χ0) is 15.1. The average molecular weight is 294 g/mol. The molecule has 21 heavy (non-hydrogen) atoms. The smallest absolute Gasteiger partial charge is 0.234 e. The summed E-state index contributed by atoms with van der Waals surface area (Å²) in [7, 11) is 2.03. The second-order valence-electron chi connectivity index (χ2n) is 5.53. The fourth-order valence-corrected chi connectivity index (χ4v) is 2.71. The van der Waals surface area contributed by atoms with Crippen molar-refractivity contribution >= 4 is 5.91 Å². The van der Waals surface area contributed by atoms with Crippen molar-refractivity contribution in [1.82, 2.24) is 30.3 Å². The fraction of sp³-hybridized carbons (Fsp3) is 0.786. The molecule has 2 heterocycles. The zero-order valence-corrected chi connectivity index (χ0v) is 13.0. The number of hydrogen-bond donors (Lipinski definition) is 2. The Balaban J connectivity index is 1.67. The van der Waals surface area contributed by atoms with Gasteiger partial charge in [0.2, 0.25) is 5.91 Å². The number of aryl methyl sites for hydroxylation is 1. The predicted octanol–water partition coefficient (Wildman–Crippen LogP) is -0.359. The number of nitrogens with zero attached hydrogens (tertiary/aromatic N) is 4. The third-order valence-electron chi connectivity index (χ3n) is 4.03. The summed E-state index contributed by atoms with van der Waals surface area (Å²) in [5.41, 5.74) is 0. The van der Waals surface area contributed by atoms with Crippen LogP contribution in [0.1, 0.15) is 25.6 Å². The quantitative estimate of drug-likeness (QED) is 0.718. The van der Waals surface area contributed by atoms with Gasteiger partial charge in [0.15, 0.2) is 0 Å². The highest BCUT2D eigenvalue weighted by molar-refractivity contribution is 5.78. The molecule has 1 saturated heterocycles. The molecule has 1 aliphatic rings. The molecule has 0 atom stereocenters. The van der Waals surface area contributed by atoms with E-state index in [-0.39, 0.29) is 5.91 Å². The SMILES string of the molecule is CCn1cnnc1CCNC(=O)CN(C)C1CCNCC1. The van der Waals surface area contributed by atoms with Crippen molar-refractivity contribution in [2.45, 2.75) is 38.8 Å². The normalized spacial score (nSPS) is 16.3. The molecule has 1 amide bonds. The molecule has 0 saturated carbocycles. The molecule has 0 aliphatic carbocycles. The molecule has 2 N–H and O–H groups in total.